The third-order valence-electron chi connectivity index (χ3n) is 5.26. The highest BCUT2D eigenvalue weighted by Gasteiger charge is 2.23. The first-order chi connectivity index (χ1) is 15.3. The molecule has 0 aliphatic carbocycles. The fourth-order valence-corrected chi connectivity index (χ4v) is 3.52. The lowest BCUT2D eigenvalue weighted by atomic mass is 10.1. The number of aryl methyl sites for hydroxylation is 3. The van der Waals surface area contributed by atoms with E-state index in [1.165, 1.54) is 0 Å². The average Bonchev–Trinajstić information content (AvgIpc) is 2.77. The van der Waals surface area contributed by atoms with E-state index in [9.17, 15) is 15.3 Å². The van der Waals surface area contributed by atoms with Crippen molar-refractivity contribution in [2.45, 2.75) is 20.8 Å². The number of benzene rings is 4. The second-order valence-corrected chi connectivity index (χ2v) is 7.84. The molecule has 4 aromatic carbocycles. The van der Waals surface area contributed by atoms with Crippen LogP contribution in [-0.4, -0.2) is 15.3 Å². The monoisotopic (exact) mass is 427 g/mol. The number of phenols is 3. The molecule has 162 valence electrons. The van der Waals surface area contributed by atoms with Crippen molar-refractivity contribution < 1.29 is 20.1 Å². The molecule has 4 rings (SSSR count). The minimum atomic E-state index is 0.0688. The highest BCUT2D eigenvalue weighted by atomic mass is 16.5. The molecule has 0 amide bonds. The number of hydrogen-bond acceptors (Lipinski definition) is 5. The molecule has 0 heterocycles. The average molecular weight is 428 g/mol. The summed E-state index contributed by atoms with van der Waals surface area (Å²) in [5.74, 6) is 1.25. The van der Waals surface area contributed by atoms with Gasteiger partial charge in [0.1, 0.15) is 23.0 Å². The van der Waals surface area contributed by atoms with Crippen LogP contribution in [0.4, 0.5) is 17.1 Å². The first-order valence-corrected chi connectivity index (χ1v) is 10.3. The lowest BCUT2D eigenvalue weighted by molar-refractivity contribution is 0.452. The smallest absolute Gasteiger partial charge is 0.151 e. The Hall–Kier alpha value is -4.12. The summed E-state index contributed by atoms with van der Waals surface area (Å²) < 4.78 is 6.14. The van der Waals surface area contributed by atoms with Crippen LogP contribution >= 0.6 is 0 Å². The number of phenolic OH excluding ortho intramolecular Hbond substituents is 3. The molecular weight excluding hydrogens is 402 g/mol. The highest BCUT2D eigenvalue weighted by Crippen LogP contribution is 2.47. The number of anilines is 3. The van der Waals surface area contributed by atoms with Crippen molar-refractivity contribution in [3.63, 3.8) is 0 Å². The van der Waals surface area contributed by atoms with Crippen LogP contribution in [-0.2, 0) is 0 Å². The molecule has 0 aliphatic rings. The fourth-order valence-electron chi connectivity index (χ4n) is 3.52. The quantitative estimate of drug-likeness (QED) is 0.320. The van der Waals surface area contributed by atoms with E-state index in [0.29, 0.717) is 28.6 Å². The van der Waals surface area contributed by atoms with E-state index in [0.717, 1.165) is 16.7 Å². The van der Waals surface area contributed by atoms with Crippen LogP contribution in [0.25, 0.3) is 0 Å². The predicted octanol–water partition coefficient (Wildman–Crippen LogP) is 6.99. The summed E-state index contributed by atoms with van der Waals surface area (Å²) >= 11 is 0. The van der Waals surface area contributed by atoms with Gasteiger partial charge in [-0.25, -0.2) is 0 Å². The molecule has 0 fully saturated rings. The van der Waals surface area contributed by atoms with Crippen LogP contribution in [0.15, 0.2) is 78.9 Å². The Bertz CT molecular complexity index is 1230. The van der Waals surface area contributed by atoms with Crippen molar-refractivity contribution in [3.8, 4) is 28.7 Å². The van der Waals surface area contributed by atoms with Gasteiger partial charge in [0.05, 0.1) is 17.1 Å². The number of ether oxygens (including phenoxy) is 1. The van der Waals surface area contributed by atoms with E-state index in [-0.39, 0.29) is 17.2 Å². The van der Waals surface area contributed by atoms with Crippen molar-refractivity contribution in [2.24, 2.45) is 0 Å². The largest absolute Gasteiger partial charge is 0.508 e. The van der Waals surface area contributed by atoms with E-state index in [2.05, 4.69) is 0 Å². The number of aromatic hydroxyl groups is 3. The van der Waals surface area contributed by atoms with Gasteiger partial charge in [0.2, 0.25) is 0 Å². The molecule has 0 saturated heterocycles. The van der Waals surface area contributed by atoms with E-state index in [1.54, 1.807) is 41.3 Å². The fraction of sp³-hybridized carbons (Fsp3) is 0.111. The normalized spacial score (nSPS) is 10.7. The standard InChI is InChI=1S/C27H25NO4/c1-17-8-12-24(29)22(14-17)28(23-15-18(2)9-13-25(23)30)21-6-4-5-7-27(21)32-20-11-10-19(3)26(31)16-20/h4-16,29-31H,1-3H3. The third kappa shape index (κ3) is 4.18. The van der Waals surface area contributed by atoms with Gasteiger partial charge < -0.3 is 20.1 Å². The minimum absolute atomic E-state index is 0.0688. The molecule has 32 heavy (non-hydrogen) atoms. The summed E-state index contributed by atoms with van der Waals surface area (Å²) in [6.07, 6.45) is 0. The molecule has 0 bridgehead atoms. The Morgan fingerprint density at radius 1 is 0.594 bits per heavy atom. The molecule has 0 radical (unpaired) electrons. The van der Waals surface area contributed by atoms with Crippen LogP contribution < -0.4 is 9.64 Å². The van der Waals surface area contributed by atoms with E-state index in [1.807, 2.05) is 63.2 Å². The molecule has 3 N–H and O–H groups in total. The zero-order valence-electron chi connectivity index (χ0n) is 18.2. The van der Waals surface area contributed by atoms with Crippen molar-refractivity contribution >= 4 is 17.1 Å². The van der Waals surface area contributed by atoms with Crippen molar-refractivity contribution in [3.05, 3.63) is 95.6 Å². The zero-order chi connectivity index (χ0) is 22.8. The van der Waals surface area contributed by atoms with Crippen LogP contribution in [0.1, 0.15) is 16.7 Å². The molecule has 4 aromatic rings. The van der Waals surface area contributed by atoms with Gasteiger partial charge in [-0.05, 0) is 79.9 Å². The molecular formula is C27H25NO4. The lowest BCUT2D eigenvalue weighted by Gasteiger charge is -2.29. The van der Waals surface area contributed by atoms with Gasteiger partial charge in [0.25, 0.3) is 0 Å². The minimum Gasteiger partial charge on any atom is -0.508 e. The maximum absolute atomic E-state index is 10.7. The van der Waals surface area contributed by atoms with Crippen LogP contribution in [0.3, 0.4) is 0 Å². The summed E-state index contributed by atoms with van der Waals surface area (Å²) in [6, 6.07) is 23.1. The molecule has 0 spiro atoms. The predicted molar refractivity (Wildman–Crippen MR) is 127 cm³/mol. The number of nitrogens with zero attached hydrogens (tertiary/aromatic N) is 1. The second kappa shape index (κ2) is 8.55. The van der Waals surface area contributed by atoms with Crippen LogP contribution in [0.5, 0.6) is 28.7 Å². The summed E-state index contributed by atoms with van der Waals surface area (Å²) in [4.78, 5) is 1.77. The van der Waals surface area contributed by atoms with E-state index < -0.39 is 0 Å². The van der Waals surface area contributed by atoms with Crippen LogP contribution in [0.2, 0.25) is 0 Å². The summed E-state index contributed by atoms with van der Waals surface area (Å²) in [7, 11) is 0. The summed E-state index contributed by atoms with van der Waals surface area (Å²) in [6.45, 7) is 5.69. The Morgan fingerprint density at radius 2 is 1.19 bits per heavy atom. The maximum Gasteiger partial charge on any atom is 0.151 e. The van der Waals surface area contributed by atoms with Crippen molar-refractivity contribution in [1.29, 1.82) is 0 Å². The molecule has 0 aliphatic heterocycles. The van der Waals surface area contributed by atoms with Crippen molar-refractivity contribution in [2.75, 3.05) is 4.90 Å². The Morgan fingerprint density at radius 3 is 1.78 bits per heavy atom. The van der Waals surface area contributed by atoms with Gasteiger partial charge in [-0.1, -0.05) is 30.3 Å². The Kier molecular flexibility index (Phi) is 5.65. The van der Waals surface area contributed by atoms with Gasteiger partial charge >= 0.3 is 0 Å². The first kappa shape index (κ1) is 21.1. The topological polar surface area (TPSA) is 73.2 Å². The molecule has 0 saturated carbocycles. The number of rotatable bonds is 5. The zero-order valence-corrected chi connectivity index (χ0v) is 18.2. The van der Waals surface area contributed by atoms with Gasteiger partial charge in [0.15, 0.2) is 5.75 Å². The number of para-hydroxylation sites is 2. The lowest BCUT2D eigenvalue weighted by Crippen LogP contribution is -2.12. The maximum atomic E-state index is 10.7. The molecule has 5 nitrogen and oxygen atoms in total. The third-order valence-corrected chi connectivity index (χ3v) is 5.26. The SMILES string of the molecule is Cc1ccc(O)c(N(c2cc(C)ccc2O)c2ccccc2Oc2ccc(C)c(O)c2)c1. The second-order valence-electron chi connectivity index (χ2n) is 7.84. The number of hydrogen-bond donors (Lipinski definition) is 3. The molecule has 0 unspecified atom stereocenters. The van der Waals surface area contributed by atoms with Gasteiger partial charge in [0, 0.05) is 6.07 Å². The van der Waals surface area contributed by atoms with Gasteiger partial charge in [-0.2, -0.15) is 0 Å². The van der Waals surface area contributed by atoms with Gasteiger partial charge in [-0.3, -0.25) is 4.90 Å². The Labute approximate surface area is 187 Å². The van der Waals surface area contributed by atoms with E-state index in [4.69, 9.17) is 4.74 Å². The molecule has 0 aromatic heterocycles. The van der Waals surface area contributed by atoms with E-state index >= 15 is 0 Å². The van der Waals surface area contributed by atoms with Crippen molar-refractivity contribution in [1.82, 2.24) is 0 Å². The summed E-state index contributed by atoms with van der Waals surface area (Å²) in [5, 5.41) is 31.6. The Balaban J connectivity index is 1.92. The summed E-state index contributed by atoms with van der Waals surface area (Å²) in [5.41, 5.74) is 4.30. The van der Waals surface area contributed by atoms with Crippen LogP contribution in [0, 0.1) is 20.8 Å². The molecule has 0 atom stereocenters. The first-order valence-electron chi connectivity index (χ1n) is 10.3. The van der Waals surface area contributed by atoms with Gasteiger partial charge in [-0.15, -0.1) is 0 Å². The highest BCUT2D eigenvalue weighted by molar-refractivity contribution is 5.86. The molecule has 5 heteroatoms.